The van der Waals surface area contributed by atoms with Gasteiger partial charge < -0.3 is 10.5 Å². The number of carbonyl (C=O) groups is 1. The van der Waals surface area contributed by atoms with E-state index in [1.807, 2.05) is 48.5 Å². The first-order chi connectivity index (χ1) is 11.7. The van der Waals surface area contributed by atoms with Crippen LogP contribution in [-0.2, 0) is 10.3 Å². The maximum Gasteiger partial charge on any atom is 0.249 e. The molecule has 0 saturated heterocycles. The third-order valence-corrected chi connectivity index (χ3v) is 3.93. The molecule has 24 heavy (non-hydrogen) atoms. The first-order valence-corrected chi connectivity index (χ1v) is 7.47. The Labute approximate surface area is 140 Å². The fraction of sp³-hybridized carbons (Fsp3) is 0.105. The van der Waals surface area contributed by atoms with Crippen LogP contribution in [0.5, 0.6) is 0 Å². The summed E-state index contributed by atoms with van der Waals surface area (Å²) in [4.78, 5) is 20.9. The maximum atomic E-state index is 12.0. The maximum absolute atomic E-state index is 12.0. The molecule has 0 bridgehead atoms. The van der Waals surface area contributed by atoms with E-state index in [1.165, 1.54) is 0 Å². The molecule has 5 nitrogen and oxygen atoms in total. The minimum absolute atomic E-state index is 0.371. The molecule has 0 fully saturated rings. The summed E-state index contributed by atoms with van der Waals surface area (Å²) in [6.45, 7) is 0. The molecule has 0 radical (unpaired) electrons. The van der Waals surface area contributed by atoms with Crippen LogP contribution in [0, 0.1) is 0 Å². The van der Waals surface area contributed by atoms with Crippen molar-refractivity contribution in [3.05, 3.63) is 95.6 Å². The normalized spacial score (nSPS) is 11.2. The molecule has 0 aliphatic heterocycles. The van der Waals surface area contributed by atoms with Gasteiger partial charge in [-0.05, 0) is 30.3 Å². The molecular weight excluding hydrogens is 302 g/mol. The van der Waals surface area contributed by atoms with E-state index < -0.39 is 11.5 Å². The number of methoxy groups -OCH3 is 1. The van der Waals surface area contributed by atoms with Crippen LogP contribution in [0.2, 0.25) is 0 Å². The van der Waals surface area contributed by atoms with Gasteiger partial charge in [-0.15, -0.1) is 0 Å². The highest BCUT2D eigenvalue weighted by molar-refractivity contribution is 5.95. The summed E-state index contributed by atoms with van der Waals surface area (Å²) >= 11 is 0. The summed E-state index contributed by atoms with van der Waals surface area (Å²) in [6, 6.07) is 18.2. The average Bonchev–Trinajstić information content (AvgIpc) is 2.65. The minimum Gasteiger partial charge on any atom is -0.366 e. The summed E-state index contributed by atoms with van der Waals surface area (Å²) in [6.07, 6.45) is 3.36. The van der Waals surface area contributed by atoms with Gasteiger partial charge in [0.2, 0.25) is 5.91 Å². The van der Waals surface area contributed by atoms with Crippen LogP contribution < -0.4 is 5.73 Å². The molecule has 0 unspecified atom stereocenters. The van der Waals surface area contributed by atoms with Crippen molar-refractivity contribution < 1.29 is 9.53 Å². The monoisotopic (exact) mass is 319 g/mol. The minimum atomic E-state index is -1.13. The summed E-state index contributed by atoms with van der Waals surface area (Å²) in [7, 11) is 1.57. The molecule has 0 atom stereocenters. The number of amides is 1. The first kappa shape index (κ1) is 15.8. The van der Waals surface area contributed by atoms with Gasteiger partial charge in [0, 0.05) is 30.6 Å². The molecule has 3 rings (SSSR count). The standard InChI is InChI=1S/C19H17N3O2/c1-24-19(16-10-4-6-12-21-16,17-11-5-7-13-22-17)15-9-3-2-8-14(15)18(20)23/h2-13H,1H3,(H2,20,23). The zero-order valence-electron chi connectivity index (χ0n) is 13.2. The van der Waals surface area contributed by atoms with Crippen LogP contribution in [0.25, 0.3) is 0 Å². The summed E-state index contributed by atoms with van der Waals surface area (Å²) in [5.41, 5.74) is 6.69. The molecule has 2 aromatic heterocycles. The zero-order valence-corrected chi connectivity index (χ0v) is 13.2. The van der Waals surface area contributed by atoms with Gasteiger partial charge in [-0.2, -0.15) is 0 Å². The molecule has 0 aliphatic rings. The van der Waals surface area contributed by atoms with E-state index in [9.17, 15) is 4.79 Å². The number of carbonyl (C=O) groups excluding carboxylic acids is 1. The third-order valence-electron chi connectivity index (χ3n) is 3.93. The highest BCUT2D eigenvalue weighted by Gasteiger charge is 2.41. The molecule has 1 aromatic carbocycles. The average molecular weight is 319 g/mol. The van der Waals surface area contributed by atoms with Crippen molar-refractivity contribution in [1.29, 1.82) is 0 Å². The van der Waals surface area contributed by atoms with Crippen molar-refractivity contribution in [1.82, 2.24) is 9.97 Å². The van der Waals surface area contributed by atoms with Gasteiger partial charge in [0.25, 0.3) is 0 Å². The lowest BCUT2D eigenvalue weighted by atomic mass is 9.83. The van der Waals surface area contributed by atoms with E-state index >= 15 is 0 Å². The van der Waals surface area contributed by atoms with Crippen LogP contribution in [0.4, 0.5) is 0 Å². The molecule has 0 saturated carbocycles. The number of benzene rings is 1. The van der Waals surface area contributed by atoms with E-state index in [4.69, 9.17) is 10.5 Å². The van der Waals surface area contributed by atoms with Crippen molar-refractivity contribution in [2.24, 2.45) is 5.73 Å². The molecule has 1 amide bonds. The number of hydrogen-bond donors (Lipinski definition) is 1. The Morgan fingerprint density at radius 3 is 1.92 bits per heavy atom. The summed E-state index contributed by atoms with van der Waals surface area (Å²) in [5.74, 6) is -0.529. The highest BCUT2D eigenvalue weighted by atomic mass is 16.5. The van der Waals surface area contributed by atoms with E-state index in [-0.39, 0.29) is 0 Å². The molecule has 120 valence electrons. The van der Waals surface area contributed by atoms with Crippen LogP contribution in [0.1, 0.15) is 27.3 Å². The molecule has 2 N–H and O–H groups in total. The molecule has 5 heteroatoms. The SMILES string of the molecule is COC(c1ccccn1)(c1ccccn1)c1ccccc1C(N)=O. The Kier molecular flexibility index (Phi) is 4.35. The fourth-order valence-corrected chi connectivity index (χ4v) is 2.87. The molecule has 0 spiro atoms. The van der Waals surface area contributed by atoms with Crippen LogP contribution in [0.15, 0.2) is 73.1 Å². The second-order valence-electron chi connectivity index (χ2n) is 5.23. The largest absolute Gasteiger partial charge is 0.366 e. The van der Waals surface area contributed by atoms with Crippen molar-refractivity contribution in [3.8, 4) is 0 Å². The van der Waals surface area contributed by atoms with Gasteiger partial charge in [-0.3, -0.25) is 14.8 Å². The number of primary amides is 1. The predicted octanol–water partition coefficient (Wildman–Crippen LogP) is 2.51. The number of ether oxygens (including phenoxy) is 1. The number of nitrogens with two attached hydrogens (primary N) is 1. The number of hydrogen-bond acceptors (Lipinski definition) is 4. The Hall–Kier alpha value is -3.05. The molecule has 0 aliphatic carbocycles. The van der Waals surface area contributed by atoms with Gasteiger partial charge in [0.05, 0.1) is 11.4 Å². The topological polar surface area (TPSA) is 78.1 Å². The lowest BCUT2D eigenvalue weighted by Gasteiger charge is -2.33. The van der Waals surface area contributed by atoms with Gasteiger partial charge in [-0.1, -0.05) is 30.3 Å². The molecule has 2 heterocycles. The van der Waals surface area contributed by atoms with Crippen LogP contribution in [-0.4, -0.2) is 23.0 Å². The van der Waals surface area contributed by atoms with Gasteiger partial charge in [-0.25, -0.2) is 0 Å². The second-order valence-corrected chi connectivity index (χ2v) is 5.23. The number of pyridine rings is 2. The number of rotatable bonds is 5. The first-order valence-electron chi connectivity index (χ1n) is 7.47. The van der Waals surface area contributed by atoms with Gasteiger partial charge in [0.15, 0.2) is 5.60 Å². The van der Waals surface area contributed by atoms with Crippen molar-refractivity contribution in [3.63, 3.8) is 0 Å². The zero-order chi connectivity index (χ0) is 17.0. The van der Waals surface area contributed by atoms with Crippen LogP contribution in [0.3, 0.4) is 0 Å². The van der Waals surface area contributed by atoms with Crippen molar-refractivity contribution in [2.45, 2.75) is 5.60 Å². The summed E-state index contributed by atoms with van der Waals surface area (Å²) in [5, 5.41) is 0. The van der Waals surface area contributed by atoms with Gasteiger partial charge >= 0.3 is 0 Å². The van der Waals surface area contributed by atoms with E-state index in [0.717, 1.165) is 0 Å². The van der Waals surface area contributed by atoms with E-state index in [2.05, 4.69) is 9.97 Å². The Morgan fingerprint density at radius 1 is 0.917 bits per heavy atom. The Morgan fingerprint density at radius 2 is 1.46 bits per heavy atom. The Bertz CT molecular complexity index is 796. The lowest BCUT2D eigenvalue weighted by molar-refractivity contribution is 0.0500. The molecule has 3 aromatic rings. The predicted molar refractivity (Wildman–Crippen MR) is 90.3 cm³/mol. The van der Waals surface area contributed by atoms with Crippen LogP contribution >= 0.6 is 0 Å². The van der Waals surface area contributed by atoms with E-state index in [1.54, 1.807) is 31.6 Å². The second kappa shape index (κ2) is 6.60. The number of aromatic nitrogens is 2. The van der Waals surface area contributed by atoms with Gasteiger partial charge in [0.1, 0.15) is 0 Å². The number of nitrogens with zero attached hydrogens (tertiary/aromatic N) is 2. The highest BCUT2D eigenvalue weighted by Crippen LogP contribution is 2.39. The third kappa shape index (κ3) is 2.55. The quantitative estimate of drug-likeness (QED) is 0.784. The summed E-state index contributed by atoms with van der Waals surface area (Å²) < 4.78 is 5.95. The lowest BCUT2D eigenvalue weighted by Crippen LogP contribution is -2.36. The molecular formula is C19H17N3O2. The Balaban J connectivity index is 2.38. The van der Waals surface area contributed by atoms with E-state index in [0.29, 0.717) is 22.5 Å². The smallest absolute Gasteiger partial charge is 0.249 e. The fourth-order valence-electron chi connectivity index (χ4n) is 2.87. The van der Waals surface area contributed by atoms with Crippen molar-refractivity contribution >= 4 is 5.91 Å². The van der Waals surface area contributed by atoms with Crippen molar-refractivity contribution in [2.75, 3.05) is 7.11 Å².